The predicted octanol–water partition coefficient (Wildman–Crippen LogP) is 0.706. The SMILES string of the molecule is COc1ccc2nc3c(cc2c1)C[Se][Se]3. The first kappa shape index (κ1) is 9.68. The van der Waals surface area contributed by atoms with Crippen molar-refractivity contribution < 1.29 is 4.74 Å². The van der Waals surface area contributed by atoms with Gasteiger partial charge in [0.25, 0.3) is 0 Å². The van der Waals surface area contributed by atoms with Crippen LogP contribution in [0.4, 0.5) is 0 Å². The molecule has 0 unspecified atom stereocenters. The van der Waals surface area contributed by atoms with E-state index in [-0.39, 0.29) is 0 Å². The molecular formula is C11H9NOSe2. The normalized spacial score (nSPS) is 14.2. The van der Waals surface area contributed by atoms with Gasteiger partial charge in [-0.2, -0.15) is 0 Å². The summed E-state index contributed by atoms with van der Waals surface area (Å²) in [6.45, 7) is 0. The molecule has 2 aromatic rings. The first-order valence-electron chi connectivity index (χ1n) is 4.64. The molecule has 76 valence electrons. The molecular weight excluding hydrogens is 320 g/mol. The van der Waals surface area contributed by atoms with E-state index < -0.39 is 0 Å². The molecule has 0 N–H and O–H groups in total. The molecule has 1 aromatic carbocycles. The monoisotopic (exact) mass is 331 g/mol. The first-order chi connectivity index (χ1) is 7.36. The van der Waals surface area contributed by atoms with Crippen LogP contribution >= 0.6 is 0 Å². The summed E-state index contributed by atoms with van der Waals surface area (Å²) in [5, 5.41) is 2.48. The van der Waals surface area contributed by atoms with Crippen molar-refractivity contribution in [1.29, 1.82) is 0 Å². The Morgan fingerprint density at radius 3 is 3.13 bits per heavy atom. The van der Waals surface area contributed by atoms with Gasteiger partial charge < -0.3 is 0 Å². The molecule has 0 radical (unpaired) electrons. The van der Waals surface area contributed by atoms with E-state index in [2.05, 4.69) is 18.2 Å². The Morgan fingerprint density at radius 1 is 1.33 bits per heavy atom. The number of benzene rings is 1. The molecule has 1 aliphatic heterocycles. The zero-order valence-corrected chi connectivity index (χ0v) is 11.6. The molecule has 15 heavy (non-hydrogen) atoms. The fraction of sp³-hybridized carbons (Fsp3) is 0.182. The van der Waals surface area contributed by atoms with E-state index in [4.69, 9.17) is 9.72 Å². The molecule has 0 aliphatic carbocycles. The Bertz CT molecular complexity index is 527. The second kappa shape index (κ2) is 3.80. The van der Waals surface area contributed by atoms with Gasteiger partial charge in [-0.1, -0.05) is 0 Å². The number of methoxy groups -OCH3 is 1. The Hall–Kier alpha value is -0.531. The number of nitrogens with zero attached hydrogens (tertiary/aromatic N) is 1. The molecule has 1 aliphatic rings. The van der Waals surface area contributed by atoms with Crippen molar-refractivity contribution in [3.8, 4) is 5.75 Å². The van der Waals surface area contributed by atoms with Crippen LogP contribution in [0.2, 0.25) is 0 Å². The third kappa shape index (κ3) is 1.68. The van der Waals surface area contributed by atoms with Gasteiger partial charge in [-0.05, 0) is 0 Å². The number of fused-ring (bicyclic) bond motifs is 2. The van der Waals surface area contributed by atoms with E-state index in [0.717, 1.165) is 24.4 Å². The molecule has 2 heterocycles. The van der Waals surface area contributed by atoms with Crippen LogP contribution in [0.15, 0.2) is 24.3 Å². The van der Waals surface area contributed by atoms with Crippen molar-refractivity contribution in [2.75, 3.05) is 7.11 Å². The van der Waals surface area contributed by atoms with Gasteiger partial charge in [-0.25, -0.2) is 0 Å². The van der Waals surface area contributed by atoms with Crippen molar-refractivity contribution in [3.63, 3.8) is 0 Å². The van der Waals surface area contributed by atoms with Gasteiger partial charge in [-0.15, -0.1) is 0 Å². The van der Waals surface area contributed by atoms with Crippen LogP contribution in [-0.4, -0.2) is 38.4 Å². The molecule has 0 saturated heterocycles. The molecule has 0 spiro atoms. The van der Waals surface area contributed by atoms with Crippen molar-refractivity contribution >= 4 is 41.8 Å². The summed E-state index contributed by atoms with van der Waals surface area (Å²) in [5.74, 6) is 0.915. The summed E-state index contributed by atoms with van der Waals surface area (Å²) in [6.07, 6.45) is 0. The second-order valence-corrected chi connectivity index (χ2v) is 10.0. The summed E-state index contributed by atoms with van der Waals surface area (Å²) < 4.78 is 6.60. The van der Waals surface area contributed by atoms with E-state index in [1.54, 1.807) is 7.11 Å². The van der Waals surface area contributed by atoms with Crippen molar-refractivity contribution in [2.24, 2.45) is 0 Å². The van der Waals surface area contributed by atoms with Crippen LogP contribution in [0.25, 0.3) is 10.9 Å². The summed E-state index contributed by atoms with van der Waals surface area (Å²) >= 11 is 1.46. The quantitative estimate of drug-likeness (QED) is 0.719. The third-order valence-electron chi connectivity index (χ3n) is 2.41. The van der Waals surface area contributed by atoms with E-state index in [9.17, 15) is 0 Å². The average molecular weight is 329 g/mol. The molecule has 1 aromatic heterocycles. The Morgan fingerprint density at radius 2 is 2.27 bits per heavy atom. The van der Waals surface area contributed by atoms with Gasteiger partial charge in [0, 0.05) is 0 Å². The molecule has 0 amide bonds. The number of rotatable bonds is 1. The van der Waals surface area contributed by atoms with Gasteiger partial charge in [-0.3, -0.25) is 0 Å². The van der Waals surface area contributed by atoms with Crippen LogP contribution in [-0.2, 0) is 5.32 Å². The van der Waals surface area contributed by atoms with Crippen LogP contribution in [0.3, 0.4) is 0 Å². The fourth-order valence-electron chi connectivity index (χ4n) is 1.63. The zero-order valence-electron chi connectivity index (χ0n) is 8.19. The summed E-state index contributed by atoms with van der Waals surface area (Å²) in [5.41, 5.74) is 2.57. The van der Waals surface area contributed by atoms with Crippen LogP contribution in [0.1, 0.15) is 5.56 Å². The maximum absolute atomic E-state index is 5.22. The topological polar surface area (TPSA) is 22.1 Å². The molecule has 2 nitrogen and oxygen atoms in total. The minimum absolute atomic E-state index is 0.663. The van der Waals surface area contributed by atoms with Crippen molar-refractivity contribution in [3.05, 3.63) is 29.8 Å². The number of pyridine rings is 1. The van der Waals surface area contributed by atoms with Gasteiger partial charge >= 0.3 is 99.5 Å². The molecule has 3 rings (SSSR count). The van der Waals surface area contributed by atoms with Crippen molar-refractivity contribution in [1.82, 2.24) is 4.98 Å². The van der Waals surface area contributed by atoms with E-state index in [0.29, 0.717) is 13.1 Å². The molecule has 4 heteroatoms. The Labute approximate surface area is 99.3 Å². The van der Waals surface area contributed by atoms with Gasteiger partial charge in [0.05, 0.1) is 0 Å². The van der Waals surface area contributed by atoms with Crippen LogP contribution < -0.4 is 9.33 Å². The third-order valence-corrected chi connectivity index (χ3v) is 8.92. The number of hydrogen-bond acceptors (Lipinski definition) is 2. The van der Waals surface area contributed by atoms with Crippen LogP contribution in [0.5, 0.6) is 5.75 Å². The predicted molar refractivity (Wildman–Crippen MR) is 63.1 cm³/mol. The molecule has 0 fully saturated rings. The van der Waals surface area contributed by atoms with Gasteiger partial charge in [0.15, 0.2) is 0 Å². The van der Waals surface area contributed by atoms with Gasteiger partial charge in [0.1, 0.15) is 0 Å². The van der Waals surface area contributed by atoms with Crippen molar-refractivity contribution in [2.45, 2.75) is 5.32 Å². The summed E-state index contributed by atoms with van der Waals surface area (Å²) in [6, 6.07) is 8.39. The number of aromatic nitrogens is 1. The summed E-state index contributed by atoms with van der Waals surface area (Å²) in [7, 11) is 1.70. The number of ether oxygens (including phenoxy) is 1. The van der Waals surface area contributed by atoms with E-state index >= 15 is 0 Å². The Kier molecular flexibility index (Phi) is 2.45. The minimum atomic E-state index is 0.663. The second-order valence-electron chi connectivity index (χ2n) is 3.36. The zero-order chi connectivity index (χ0) is 10.3. The standard InChI is InChI=1S/C11H9NOSe2/c1-13-9-2-3-10-7(5-9)4-8-6-14-15-11(8)12-10/h2-5H,6H2,1H3. The molecule has 0 atom stereocenters. The fourth-order valence-corrected chi connectivity index (χ4v) is 8.78. The van der Waals surface area contributed by atoms with E-state index in [1.165, 1.54) is 20.9 Å². The average Bonchev–Trinajstić information content (AvgIpc) is 2.72. The molecule has 0 bridgehead atoms. The summed E-state index contributed by atoms with van der Waals surface area (Å²) in [4.78, 5) is 4.72. The van der Waals surface area contributed by atoms with Crippen LogP contribution in [0, 0.1) is 0 Å². The molecule has 0 saturated carbocycles. The Balaban J connectivity index is 2.24. The van der Waals surface area contributed by atoms with E-state index in [1.807, 2.05) is 6.07 Å². The first-order valence-corrected chi connectivity index (χ1v) is 11.0. The maximum atomic E-state index is 5.22. The number of hydrogen-bond donors (Lipinski definition) is 0. The van der Waals surface area contributed by atoms with Gasteiger partial charge in [0.2, 0.25) is 0 Å².